The zero-order valence-corrected chi connectivity index (χ0v) is 22.1. The third-order valence-corrected chi connectivity index (χ3v) is 7.13. The number of benzene rings is 2. The fourth-order valence-corrected chi connectivity index (χ4v) is 4.88. The van der Waals surface area contributed by atoms with Gasteiger partial charge in [0.15, 0.2) is 0 Å². The molecule has 1 atom stereocenters. The van der Waals surface area contributed by atoms with Crippen molar-refractivity contribution < 1.29 is 23.9 Å². The van der Waals surface area contributed by atoms with Gasteiger partial charge in [-0.1, -0.05) is 18.2 Å². The fourth-order valence-electron chi connectivity index (χ4n) is 3.68. The minimum atomic E-state index is -1.10. The number of esters is 1. The Hall–Kier alpha value is -3.96. The summed E-state index contributed by atoms with van der Waals surface area (Å²) in [5, 5.41) is 10.9. The minimum Gasteiger partial charge on any atom is -0.467 e. The van der Waals surface area contributed by atoms with Crippen molar-refractivity contribution in [1.82, 2.24) is 20.9 Å². The number of aromatic nitrogens is 1. The van der Waals surface area contributed by atoms with Crippen LogP contribution in [-0.4, -0.2) is 48.4 Å². The molecule has 0 unspecified atom stereocenters. The molecule has 0 bridgehead atoms. The number of carbonyl (C=O) groups excluding carboxylic acids is 4. The third kappa shape index (κ3) is 6.25. The molecule has 4 aromatic rings. The number of thiophene rings is 1. The summed E-state index contributed by atoms with van der Waals surface area (Å²) in [6, 6.07) is 14.6. The minimum absolute atomic E-state index is 0.152. The predicted molar refractivity (Wildman–Crippen MR) is 144 cm³/mol. The summed E-state index contributed by atoms with van der Waals surface area (Å²) in [5.41, 5.74) is 2.54. The molecule has 2 aromatic carbocycles. The maximum atomic E-state index is 12.9. The molecule has 0 saturated heterocycles. The Labute approximate surface area is 224 Å². The van der Waals surface area contributed by atoms with Gasteiger partial charge in [0.2, 0.25) is 0 Å². The number of H-pyrrole nitrogens is 1. The lowest BCUT2D eigenvalue weighted by atomic mass is 10.1. The summed E-state index contributed by atoms with van der Waals surface area (Å²) in [6.07, 6.45) is 1.85. The molecule has 0 aliphatic heterocycles. The molecule has 2 aromatic heterocycles. The highest BCUT2D eigenvalue weighted by atomic mass is 79.9. The smallest absolute Gasteiger partial charge is 0.330 e. The van der Waals surface area contributed by atoms with Gasteiger partial charge in [-0.3, -0.25) is 14.4 Å². The number of ether oxygens (including phenoxy) is 1. The molecule has 4 N–H and O–H groups in total. The average molecular weight is 583 g/mol. The predicted octanol–water partition coefficient (Wildman–Crippen LogP) is 3.62. The van der Waals surface area contributed by atoms with Crippen LogP contribution in [0.4, 0.5) is 0 Å². The molecule has 4 rings (SSSR count). The number of nitrogens with one attached hydrogen (secondary N) is 4. The van der Waals surface area contributed by atoms with E-state index in [0.29, 0.717) is 21.5 Å². The molecule has 37 heavy (non-hydrogen) atoms. The van der Waals surface area contributed by atoms with Gasteiger partial charge in [0.25, 0.3) is 17.7 Å². The molecule has 3 amide bonds. The molecule has 0 radical (unpaired) electrons. The van der Waals surface area contributed by atoms with E-state index < -0.39 is 17.9 Å². The molecule has 0 fully saturated rings. The molecule has 0 spiro atoms. The Bertz CT molecular complexity index is 1450. The van der Waals surface area contributed by atoms with Crippen molar-refractivity contribution >= 4 is 61.9 Å². The number of amides is 3. The lowest BCUT2D eigenvalue weighted by molar-refractivity contribution is -0.142. The SMILES string of the molecule is COC(=O)[C@H](CNC(=O)c1cccs1)NC(=O)c1ccc(C(=O)NCc2cccc3[nH]ccc23)cc1Br. The van der Waals surface area contributed by atoms with Crippen LogP contribution in [0.25, 0.3) is 10.9 Å². The Morgan fingerprint density at radius 1 is 1.00 bits per heavy atom. The van der Waals surface area contributed by atoms with Gasteiger partial charge in [0.05, 0.1) is 17.6 Å². The van der Waals surface area contributed by atoms with Crippen LogP contribution >= 0.6 is 27.3 Å². The van der Waals surface area contributed by atoms with E-state index in [1.54, 1.807) is 17.5 Å². The molecular weight excluding hydrogens is 560 g/mol. The number of aromatic amines is 1. The van der Waals surface area contributed by atoms with Crippen LogP contribution in [0.5, 0.6) is 0 Å². The molecule has 9 nitrogen and oxygen atoms in total. The van der Waals surface area contributed by atoms with Crippen LogP contribution in [0.2, 0.25) is 0 Å². The second kappa shape index (κ2) is 11.8. The molecule has 2 heterocycles. The van der Waals surface area contributed by atoms with E-state index in [1.165, 1.54) is 36.6 Å². The van der Waals surface area contributed by atoms with Gasteiger partial charge in [0, 0.05) is 40.2 Å². The zero-order valence-electron chi connectivity index (χ0n) is 19.7. The first-order chi connectivity index (χ1) is 17.9. The van der Waals surface area contributed by atoms with E-state index >= 15 is 0 Å². The van der Waals surface area contributed by atoms with Gasteiger partial charge in [-0.2, -0.15) is 0 Å². The normalized spacial score (nSPS) is 11.5. The fraction of sp³-hybridized carbons (Fsp3) is 0.154. The van der Waals surface area contributed by atoms with Crippen molar-refractivity contribution in [1.29, 1.82) is 0 Å². The van der Waals surface area contributed by atoms with Crippen LogP contribution in [0, 0.1) is 0 Å². The summed E-state index contributed by atoms with van der Waals surface area (Å²) in [7, 11) is 1.20. The summed E-state index contributed by atoms with van der Waals surface area (Å²) >= 11 is 4.60. The van der Waals surface area contributed by atoms with Crippen molar-refractivity contribution in [3.8, 4) is 0 Å². The van der Waals surface area contributed by atoms with E-state index in [4.69, 9.17) is 4.74 Å². The van der Waals surface area contributed by atoms with Crippen molar-refractivity contribution in [3.05, 3.63) is 92.2 Å². The van der Waals surface area contributed by atoms with E-state index in [9.17, 15) is 19.2 Å². The first-order valence-electron chi connectivity index (χ1n) is 11.2. The quantitative estimate of drug-likeness (QED) is 0.224. The lowest BCUT2D eigenvalue weighted by Gasteiger charge is -2.17. The lowest BCUT2D eigenvalue weighted by Crippen LogP contribution is -2.49. The van der Waals surface area contributed by atoms with E-state index in [2.05, 4.69) is 36.9 Å². The zero-order chi connectivity index (χ0) is 26.4. The average Bonchev–Trinajstić information content (AvgIpc) is 3.61. The van der Waals surface area contributed by atoms with Crippen molar-refractivity contribution in [3.63, 3.8) is 0 Å². The van der Waals surface area contributed by atoms with Gasteiger partial charge in [-0.15, -0.1) is 11.3 Å². The largest absolute Gasteiger partial charge is 0.467 e. The van der Waals surface area contributed by atoms with Crippen molar-refractivity contribution in [2.45, 2.75) is 12.6 Å². The number of carbonyl (C=O) groups is 4. The van der Waals surface area contributed by atoms with E-state index in [0.717, 1.165) is 16.5 Å². The Balaban J connectivity index is 1.39. The highest BCUT2D eigenvalue weighted by Gasteiger charge is 2.24. The first-order valence-corrected chi connectivity index (χ1v) is 12.9. The summed E-state index contributed by atoms with van der Waals surface area (Å²) in [5.74, 6) is -1.94. The van der Waals surface area contributed by atoms with E-state index in [1.807, 2.05) is 30.5 Å². The molecule has 0 saturated carbocycles. The number of fused-ring (bicyclic) bond motifs is 1. The highest BCUT2D eigenvalue weighted by molar-refractivity contribution is 9.10. The maximum Gasteiger partial charge on any atom is 0.330 e. The highest BCUT2D eigenvalue weighted by Crippen LogP contribution is 2.20. The second-order valence-electron chi connectivity index (χ2n) is 7.97. The number of halogens is 1. The summed E-state index contributed by atoms with van der Waals surface area (Å²) in [4.78, 5) is 53.7. The maximum absolute atomic E-state index is 12.9. The van der Waals surface area contributed by atoms with Gasteiger partial charge in [-0.25, -0.2) is 4.79 Å². The second-order valence-corrected chi connectivity index (χ2v) is 9.77. The Morgan fingerprint density at radius 3 is 2.57 bits per heavy atom. The summed E-state index contributed by atoms with van der Waals surface area (Å²) < 4.78 is 5.14. The van der Waals surface area contributed by atoms with Crippen molar-refractivity contribution in [2.75, 3.05) is 13.7 Å². The van der Waals surface area contributed by atoms with E-state index in [-0.39, 0.29) is 23.9 Å². The van der Waals surface area contributed by atoms with Gasteiger partial charge < -0.3 is 25.7 Å². The molecular formula is C26H23BrN4O5S. The number of methoxy groups -OCH3 is 1. The standard InChI is InChI=1S/C26H23BrN4O5S/c1-36-26(35)21(14-30-25(34)22-6-3-11-37-22)31-24(33)18-8-7-15(12-19(18)27)23(32)29-13-16-4-2-5-20-17(16)9-10-28-20/h2-12,21,28H,13-14H2,1H3,(H,29,32)(H,30,34)(H,31,33)/t21-/m0/s1. The number of hydrogen-bond acceptors (Lipinski definition) is 6. The topological polar surface area (TPSA) is 129 Å². The van der Waals surface area contributed by atoms with Crippen molar-refractivity contribution in [2.24, 2.45) is 0 Å². The Morgan fingerprint density at radius 2 is 1.84 bits per heavy atom. The third-order valence-electron chi connectivity index (χ3n) is 5.60. The van der Waals surface area contributed by atoms with Crippen LogP contribution in [0.1, 0.15) is 36.0 Å². The molecule has 11 heteroatoms. The van der Waals surface area contributed by atoms with Gasteiger partial charge in [0.1, 0.15) is 6.04 Å². The molecule has 0 aliphatic rings. The summed E-state index contributed by atoms with van der Waals surface area (Å²) in [6.45, 7) is 0.188. The van der Waals surface area contributed by atoms with Crippen LogP contribution in [0.15, 0.2) is 70.6 Å². The molecule has 0 aliphatic carbocycles. The monoisotopic (exact) mass is 582 g/mol. The van der Waals surface area contributed by atoms with Gasteiger partial charge >= 0.3 is 5.97 Å². The molecule has 190 valence electrons. The van der Waals surface area contributed by atoms with Gasteiger partial charge in [-0.05, 0) is 63.3 Å². The number of hydrogen-bond donors (Lipinski definition) is 4. The van der Waals surface area contributed by atoms with Crippen LogP contribution in [-0.2, 0) is 16.1 Å². The first kappa shape index (κ1) is 26.1. The Kier molecular flexibility index (Phi) is 8.36. The number of rotatable bonds is 9. The van der Waals surface area contributed by atoms with Crippen LogP contribution < -0.4 is 16.0 Å². The van der Waals surface area contributed by atoms with Crippen LogP contribution in [0.3, 0.4) is 0 Å².